The molecule has 0 atom stereocenters. The number of rotatable bonds is 19. The quantitative estimate of drug-likeness (QED) is 0.127. The minimum atomic E-state index is -3.03. The highest BCUT2D eigenvalue weighted by Crippen LogP contribution is 2.69. The van der Waals surface area contributed by atoms with Crippen molar-refractivity contribution >= 4 is 26.2 Å². The Bertz CT molecular complexity index is 681. The molecular formula is C22H37NO7P2. The monoisotopic (exact) mass is 489 g/mol. The van der Waals surface area contributed by atoms with E-state index in [4.69, 9.17) is 14.2 Å². The molecule has 0 rings (SSSR count). The number of ether oxygens (including phenoxy) is 3. The van der Waals surface area contributed by atoms with Gasteiger partial charge in [-0.3, -0.25) is 9.59 Å². The van der Waals surface area contributed by atoms with Crippen LogP contribution >= 0.6 is 14.3 Å². The first kappa shape index (κ1) is 30.3. The van der Waals surface area contributed by atoms with Crippen molar-refractivity contribution in [3.63, 3.8) is 0 Å². The topological polar surface area (TPSA) is 108 Å². The molecule has 0 aliphatic rings. The van der Waals surface area contributed by atoms with E-state index >= 15 is 0 Å². The lowest BCUT2D eigenvalue weighted by atomic mass is 10.3. The van der Waals surface area contributed by atoms with Crippen LogP contribution in [0.25, 0.3) is 0 Å². The fraction of sp³-hybridized carbons (Fsp3) is 0.545. The maximum absolute atomic E-state index is 13.8. The lowest BCUT2D eigenvalue weighted by Gasteiger charge is -2.33. The summed E-state index contributed by atoms with van der Waals surface area (Å²) in [5.74, 6) is -1.09. The Balaban J connectivity index is 5.29. The van der Waals surface area contributed by atoms with Gasteiger partial charge in [-0.1, -0.05) is 24.3 Å². The summed E-state index contributed by atoms with van der Waals surface area (Å²) in [5.41, 5.74) is 0. The fourth-order valence-electron chi connectivity index (χ4n) is 3.33. The van der Waals surface area contributed by atoms with Crippen LogP contribution in [0, 0.1) is 0 Å². The van der Waals surface area contributed by atoms with Gasteiger partial charge in [0, 0.05) is 45.3 Å². The number of methoxy groups -OCH3 is 2. The molecule has 0 saturated heterocycles. The lowest BCUT2D eigenvalue weighted by Crippen LogP contribution is -2.33. The summed E-state index contributed by atoms with van der Waals surface area (Å²) in [7, 11) is -3.23. The Hall–Kier alpha value is -1.72. The van der Waals surface area contributed by atoms with Crippen LogP contribution in [0.1, 0.15) is 12.8 Å². The largest absolute Gasteiger partial charge is 0.459 e. The summed E-state index contributed by atoms with van der Waals surface area (Å²) >= 11 is 0. The Morgan fingerprint density at radius 1 is 0.875 bits per heavy atom. The second-order valence-electron chi connectivity index (χ2n) is 7.17. The van der Waals surface area contributed by atoms with Gasteiger partial charge >= 0.3 is 5.97 Å². The van der Waals surface area contributed by atoms with Gasteiger partial charge in [0.2, 0.25) is 5.91 Å². The number of carbonyl (C=O) groups is 2. The second-order valence-corrected chi connectivity index (χ2v) is 14.1. The summed E-state index contributed by atoms with van der Waals surface area (Å²) in [6.07, 6.45) is 6.35. The second kappa shape index (κ2) is 16.0. The Morgan fingerprint density at radius 2 is 1.31 bits per heavy atom. The van der Waals surface area contributed by atoms with E-state index in [9.17, 15) is 18.7 Å². The lowest BCUT2D eigenvalue weighted by molar-refractivity contribution is -0.166. The zero-order valence-electron chi connectivity index (χ0n) is 19.2. The van der Waals surface area contributed by atoms with Gasteiger partial charge in [-0.25, -0.2) is 0 Å². The van der Waals surface area contributed by atoms with Crippen molar-refractivity contribution in [2.24, 2.45) is 0 Å². The van der Waals surface area contributed by atoms with Gasteiger partial charge in [0.15, 0.2) is 6.29 Å². The van der Waals surface area contributed by atoms with Crippen LogP contribution in [0.3, 0.4) is 0 Å². The molecule has 0 aromatic carbocycles. The SMILES string of the molecule is C=CCP(=O)(CC=C)C(CCC(=O)NCC(=O)OCC(OC)OC)P(=O)(CC=C)CC=C. The standard InChI is InChI=1S/C22H37NO7P2/c1-7-13-31(26,14-8-2)22(32(27,15-9-3)16-10-4)12-11-19(24)23-17-20(25)30-18-21(28-5)29-6/h7-10,21-22H,1-4,11-18H2,5-6H3,(H,23,24). The van der Waals surface area contributed by atoms with Crippen molar-refractivity contribution in [3.8, 4) is 0 Å². The van der Waals surface area contributed by atoms with Crippen molar-refractivity contribution in [2.45, 2.75) is 24.5 Å². The third-order valence-electron chi connectivity index (χ3n) is 4.80. The predicted octanol–water partition coefficient (Wildman–Crippen LogP) is 3.84. The predicted molar refractivity (Wildman–Crippen MR) is 130 cm³/mol. The summed E-state index contributed by atoms with van der Waals surface area (Å²) in [5, 5.41) is 1.77. The molecule has 1 N–H and O–H groups in total. The van der Waals surface area contributed by atoms with Gasteiger partial charge in [0.1, 0.15) is 27.4 Å². The number of amides is 1. The van der Waals surface area contributed by atoms with Gasteiger partial charge in [-0.15, -0.1) is 26.3 Å². The Labute approximate surface area is 191 Å². The summed E-state index contributed by atoms with van der Waals surface area (Å²) in [6, 6.07) is 0. The van der Waals surface area contributed by atoms with Crippen LogP contribution in [0.15, 0.2) is 50.6 Å². The summed E-state index contributed by atoms with van der Waals surface area (Å²) < 4.78 is 42.4. The van der Waals surface area contributed by atoms with Gasteiger partial charge in [-0.05, 0) is 6.42 Å². The average molecular weight is 489 g/mol. The van der Waals surface area contributed by atoms with Crippen LogP contribution in [0.5, 0.6) is 0 Å². The van der Waals surface area contributed by atoms with Crippen molar-refractivity contribution in [3.05, 3.63) is 50.6 Å². The van der Waals surface area contributed by atoms with Gasteiger partial charge in [0.25, 0.3) is 0 Å². The van der Waals surface area contributed by atoms with Crippen molar-refractivity contribution in [1.29, 1.82) is 0 Å². The van der Waals surface area contributed by atoms with Crippen molar-refractivity contribution in [1.82, 2.24) is 5.32 Å². The van der Waals surface area contributed by atoms with E-state index in [2.05, 4.69) is 31.6 Å². The number of allylic oxidation sites excluding steroid dienone is 4. The number of carbonyl (C=O) groups excluding carboxylic acids is 2. The molecule has 0 spiro atoms. The van der Waals surface area contributed by atoms with E-state index in [-0.39, 0.29) is 50.6 Å². The van der Waals surface area contributed by atoms with Crippen LogP contribution in [-0.4, -0.2) is 75.6 Å². The molecule has 8 nitrogen and oxygen atoms in total. The first-order chi connectivity index (χ1) is 15.2. The van der Waals surface area contributed by atoms with Gasteiger partial charge in [-0.2, -0.15) is 0 Å². The molecule has 0 aromatic rings. The molecule has 182 valence electrons. The van der Waals surface area contributed by atoms with E-state index in [0.717, 1.165) is 0 Å². The maximum Gasteiger partial charge on any atom is 0.325 e. The van der Waals surface area contributed by atoms with Crippen LogP contribution in [0.4, 0.5) is 0 Å². The molecule has 0 heterocycles. The molecular weight excluding hydrogens is 452 g/mol. The van der Waals surface area contributed by atoms with Crippen LogP contribution in [-0.2, 0) is 32.9 Å². The third-order valence-corrected chi connectivity index (χ3v) is 13.5. The van der Waals surface area contributed by atoms with Crippen molar-refractivity contribution in [2.75, 3.05) is 52.0 Å². The summed E-state index contributed by atoms with van der Waals surface area (Å²) in [4.78, 5) is 24.2. The fourth-order valence-corrected chi connectivity index (χ4v) is 11.7. The zero-order valence-corrected chi connectivity index (χ0v) is 21.0. The smallest absolute Gasteiger partial charge is 0.325 e. The zero-order chi connectivity index (χ0) is 24.6. The number of nitrogens with one attached hydrogen (secondary N) is 1. The molecule has 0 unspecified atom stereocenters. The van der Waals surface area contributed by atoms with E-state index in [1.807, 2.05) is 0 Å². The molecule has 0 aliphatic heterocycles. The molecule has 0 aromatic heterocycles. The molecule has 32 heavy (non-hydrogen) atoms. The highest BCUT2D eigenvalue weighted by molar-refractivity contribution is 7.82. The first-order valence-corrected chi connectivity index (χ1v) is 14.5. The molecule has 0 saturated carbocycles. The van der Waals surface area contributed by atoms with E-state index in [1.54, 1.807) is 24.3 Å². The molecule has 0 bridgehead atoms. The van der Waals surface area contributed by atoms with Crippen LogP contribution in [0.2, 0.25) is 0 Å². The first-order valence-electron chi connectivity index (χ1n) is 10.2. The van der Waals surface area contributed by atoms with Gasteiger partial charge in [0.05, 0.1) is 5.40 Å². The molecule has 0 radical (unpaired) electrons. The maximum atomic E-state index is 13.8. The Kier molecular flexibility index (Phi) is 15.1. The van der Waals surface area contributed by atoms with E-state index < -0.39 is 37.9 Å². The summed E-state index contributed by atoms with van der Waals surface area (Å²) in [6.45, 7) is 14.3. The molecule has 1 amide bonds. The number of hydrogen-bond donors (Lipinski definition) is 1. The molecule has 0 aliphatic carbocycles. The average Bonchev–Trinajstić information content (AvgIpc) is 2.73. The number of esters is 1. The highest BCUT2D eigenvalue weighted by atomic mass is 31.2. The van der Waals surface area contributed by atoms with E-state index in [0.29, 0.717) is 0 Å². The van der Waals surface area contributed by atoms with Crippen LogP contribution < -0.4 is 5.32 Å². The van der Waals surface area contributed by atoms with Gasteiger partial charge < -0.3 is 28.7 Å². The minimum Gasteiger partial charge on any atom is -0.459 e. The van der Waals surface area contributed by atoms with E-state index in [1.165, 1.54) is 14.2 Å². The third kappa shape index (κ3) is 10.3. The Morgan fingerprint density at radius 3 is 1.69 bits per heavy atom. The number of hydrogen-bond acceptors (Lipinski definition) is 7. The molecule has 10 heteroatoms. The highest BCUT2D eigenvalue weighted by Gasteiger charge is 2.42. The normalized spacial score (nSPS) is 11.8. The molecule has 0 fully saturated rings. The minimum absolute atomic E-state index is 0.0483. The van der Waals surface area contributed by atoms with Crippen molar-refractivity contribution < 1.29 is 32.9 Å².